The van der Waals surface area contributed by atoms with Gasteiger partial charge in [0.15, 0.2) is 0 Å². The molecule has 17 heavy (non-hydrogen) atoms. The average molecular weight is 231 g/mol. The minimum Gasteiger partial charge on any atom is -0.379 e. The first-order valence-electron chi connectivity index (χ1n) is 6.84. The van der Waals surface area contributed by atoms with Crippen LogP contribution in [0.4, 0.5) is 0 Å². The second-order valence-electron chi connectivity index (χ2n) is 6.49. The Hall–Kier alpha value is -0.810. The summed E-state index contributed by atoms with van der Waals surface area (Å²) >= 11 is 0. The fourth-order valence-corrected chi connectivity index (χ4v) is 4.99. The highest BCUT2D eigenvalue weighted by Crippen LogP contribution is 2.60. The van der Waals surface area contributed by atoms with Gasteiger partial charge in [-0.05, 0) is 61.7 Å². The fourth-order valence-electron chi connectivity index (χ4n) is 4.99. The summed E-state index contributed by atoms with van der Waals surface area (Å²) in [4.78, 5) is 0. The monoisotopic (exact) mass is 231 g/mol. The molecule has 0 radical (unpaired) electrons. The molecule has 0 heterocycles. The van der Waals surface area contributed by atoms with E-state index in [2.05, 4.69) is 12.1 Å². The van der Waals surface area contributed by atoms with E-state index in [1.807, 2.05) is 0 Å². The van der Waals surface area contributed by atoms with Crippen molar-refractivity contribution in [3.8, 4) is 6.07 Å². The van der Waals surface area contributed by atoms with Gasteiger partial charge >= 0.3 is 0 Å². The van der Waals surface area contributed by atoms with Gasteiger partial charge in [-0.25, -0.2) is 0 Å². The Morgan fingerprint density at radius 2 is 1.76 bits per heavy atom. The number of nitriles is 1. The van der Waals surface area contributed by atoms with Crippen molar-refractivity contribution in [1.82, 2.24) is 0 Å². The zero-order chi connectivity index (χ0) is 11.9. The van der Waals surface area contributed by atoms with Crippen LogP contribution in [0.2, 0.25) is 0 Å². The molecule has 4 aliphatic rings. The first-order valence-corrected chi connectivity index (χ1v) is 6.84. The van der Waals surface area contributed by atoms with Gasteiger partial charge in [-0.2, -0.15) is 5.26 Å². The number of methoxy groups -OCH3 is 1. The van der Waals surface area contributed by atoms with E-state index in [0.29, 0.717) is 12.0 Å². The molecule has 0 aromatic carbocycles. The Morgan fingerprint density at radius 1 is 1.24 bits per heavy atom. The molecule has 0 aliphatic heterocycles. The van der Waals surface area contributed by atoms with Gasteiger partial charge in [0.2, 0.25) is 0 Å². The molecule has 0 aromatic heterocycles. The lowest BCUT2D eigenvalue weighted by atomic mass is 9.49. The summed E-state index contributed by atoms with van der Waals surface area (Å²) in [6, 6.07) is 2.31. The number of rotatable bonds is 3. The summed E-state index contributed by atoms with van der Waals surface area (Å²) in [6.45, 7) is 0.484. The molecular formula is C15H21NO. The number of hydrogen-bond acceptors (Lipinski definition) is 2. The van der Waals surface area contributed by atoms with Crippen LogP contribution in [0, 0.1) is 34.5 Å². The average Bonchev–Trinajstić information content (AvgIpc) is 2.26. The van der Waals surface area contributed by atoms with Gasteiger partial charge in [0.1, 0.15) is 0 Å². The molecule has 0 spiro atoms. The third-order valence-corrected chi connectivity index (χ3v) is 5.01. The van der Waals surface area contributed by atoms with Crippen molar-refractivity contribution in [2.45, 2.75) is 38.5 Å². The van der Waals surface area contributed by atoms with Crippen molar-refractivity contribution < 1.29 is 4.74 Å². The largest absolute Gasteiger partial charge is 0.379 e. The standard InChI is InChI=1S/C15H21NO/c1-17-10-14(9-16)8-15-5-11-2-12(6-15)4-13(3-11)7-15/h8,11-13H,2-7,10H2,1H3/b14-8-. The first-order chi connectivity index (χ1) is 8.23. The van der Waals surface area contributed by atoms with Crippen molar-refractivity contribution in [1.29, 1.82) is 5.26 Å². The molecule has 92 valence electrons. The van der Waals surface area contributed by atoms with Crippen LogP contribution in [0.15, 0.2) is 11.6 Å². The highest BCUT2D eigenvalue weighted by atomic mass is 16.5. The van der Waals surface area contributed by atoms with Gasteiger partial charge in [-0.3, -0.25) is 0 Å². The predicted octanol–water partition coefficient (Wildman–Crippen LogP) is 3.30. The van der Waals surface area contributed by atoms with Crippen LogP contribution in [0.25, 0.3) is 0 Å². The van der Waals surface area contributed by atoms with Crippen molar-refractivity contribution in [2.75, 3.05) is 13.7 Å². The summed E-state index contributed by atoms with van der Waals surface area (Å²) in [7, 11) is 1.67. The van der Waals surface area contributed by atoms with Gasteiger partial charge in [-0.15, -0.1) is 0 Å². The molecule has 4 fully saturated rings. The highest BCUT2D eigenvalue weighted by molar-refractivity contribution is 5.26. The minimum atomic E-state index is 0.359. The third-order valence-electron chi connectivity index (χ3n) is 5.01. The Kier molecular flexibility index (Phi) is 2.75. The number of nitrogens with zero attached hydrogens (tertiary/aromatic N) is 1. The lowest BCUT2D eigenvalue weighted by molar-refractivity contribution is -0.0243. The smallest absolute Gasteiger partial charge is 0.0968 e. The van der Waals surface area contributed by atoms with Gasteiger partial charge in [0.25, 0.3) is 0 Å². The van der Waals surface area contributed by atoms with E-state index in [-0.39, 0.29) is 0 Å². The number of hydrogen-bond donors (Lipinski definition) is 0. The van der Waals surface area contributed by atoms with Crippen molar-refractivity contribution in [3.05, 3.63) is 11.6 Å². The molecule has 4 saturated carbocycles. The zero-order valence-electron chi connectivity index (χ0n) is 10.6. The molecule has 0 amide bonds. The second-order valence-corrected chi connectivity index (χ2v) is 6.49. The SMILES string of the molecule is COC/C(C#N)=C\C12CC3CC(CC(C3)C1)C2. The first kappa shape index (κ1) is 11.3. The van der Waals surface area contributed by atoms with Crippen molar-refractivity contribution in [2.24, 2.45) is 23.2 Å². The van der Waals surface area contributed by atoms with E-state index in [1.54, 1.807) is 7.11 Å². The van der Waals surface area contributed by atoms with Gasteiger partial charge in [0.05, 0.1) is 18.2 Å². The maximum absolute atomic E-state index is 9.16. The van der Waals surface area contributed by atoms with Gasteiger partial charge < -0.3 is 4.74 Å². The highest BCUT2D eigenvalue weighted by Gasteiger charge is 2.49. The maximum atomic E-state index is 9.16. The third kappa shape index (κ3) is 2.02. The molecule has 2 heteroatoms. The summed E-state index contributed by atoms with van der Waals surface area (Å²) in [6.07, 6.45) is 10.6. The van der Waals surface area contributed by atoms with Crippen molar-refractivity contribution >= 4 is 0 Å². The number of allylic oxidation sites excluding steroid dienone is 1. The van der Waals surface area contributed by atoms with E-state index in [0.717, 1.165) is 23.3 Å². The molecule has 4 bridgehead atoms. The Bertz CT molecular complexity index is 342. The molecule has 2 nitrogen and oxygen atoms in total. The van der Waals surface area contributed by atoms with Gasteiger partial charge in [-0.1, -0.05) is 6.08 Å². The normalized spacial score (nSPS) is 43.8. The van der Waals surface area contributed by atoms with E-state index in [1.165, 1.54) is 38.5 Å². The molecule has 0 N–H and O–H groups in total. The van der Waals surface area contributed by atoms with Crippen molar-refractivity contribution in [3.63, 3.8) is 0 Å². The van der Waals surface area contributed by atoms with Crippen LogP contribution >= 0.6 is 0 Å². The van der Waals surface area contributed by atoms with Crippen LogP contribution in [-0.4, -0.2) is 13.7 Å². The predicted molar refractivity (Wildman–Crippen MR) is 66.2 cm³/mol. The lowest BCUT2D eigenvalue weighted by Gasteiger charge is -2.56. The molecule has 0 aromatic rings. The van der Waals surface area contributed by atoms with E-state index in [4.69, 9.17) is 10.00 Å². The van der Waals surface area contributed by atoms with Gasteiger partial charge in [0, 0.05) is 7.11 Å². The quantitative estimate of drug-likeness (QED) is 0.698. The minimum absolute atomic E-state index is 0.359. The maximum Gasteiger partial charge on any atom is 0.0968 e. The van der Waals surface area contributed by atoms with Crippen LogP contribution in [0.5, 0.6) is 0 Å². The van der Waals surface area contributed by atoms with Crippen LogP contribution in [-0.2, 0) is 4.74 Å². The van der Waals surface area contributed by atoms with Crippen LogP contribution < -0.4 is 0 Å². The second kappa shape index (κ2) is 4.14. The van der Waals surface area contributed by atoms with E-state index >= 15 is 0 Å². The Labute approximate surface area is 104 Å². The molecule has 0 saturated heterocycles. The molecule has 4 aliphatic carbocycles. The topological polar surface area (TPSA) is 33.0 Å². The van der Waals surface area contributed by atoms with E-state index < -0.39 is 0 Å². The summed E-state index contributed by atoms with van der Waals surface area (Å²) in [5.74, 6) is 2.83. The molecule has 0 unspecified atom stereocenters. The van der Waals surface area contributed by atoms with Crippen LogP contribution in [0.3, 0.4) is 0 Å². The van der Waals surface area contributed by atoms with E-state index in [9.17, 15) is 0 Å². The lowest BCUT2D eigenvalue weighted by Crippen LogP contribution is -2.45. The molecule has 4 rings (SSSR count). The fraction of sp³-hybridized carbons (Fsp3) is 0.800. The molecular weight excluding hydrogens is 210 g/mol. The summed E-state index contributed by atoms with van der Waals surface area (Å²) in [5, 5.41) is 9.16. The number of ether oxygens (including phenoxy) is 1. The Balaban J connectivity index is 1.84. The summed E-state index contributed by atoms with van der Waals surface area (Å²) < 4.78 is 5.12. The Morgan fingerprint density at radius 3 is 2.18 bits per heavy atom. The van der Waals surface area contributed by atoms with Crippen LogP contribution in [0.1, 0.15) is 38.5 Å². The summed E-state index contributed by atoms with van der Waals surface area (Å²) in [5.41, 5.74) is 1.20. The zero-order valence-corrected chi connectivity index (χ0v) is 10.6. The molecule has 0 atom stereocenters.